The van der Waals surface area contributed by atoms with Gasteiger partial charge in [-0.3, -0.25) is 15.3 Å². The molecule has 0 aliphatic carbocycles. The molecule has 0 amide bonds. The van der Waals surface area contributed by atoms with Crippen LogP contribution in [0.1, 0.15) is 31.0 Å². The third-order valence-electron chi connectivity index (χ3n) is 3.40. The van der Waals surface area contributed by atoms with Gasteiger partial charge in [0.1, 0.15) is 11.5 Å². The number of amidine groups is 1. The van der Waals surface area contributed by atoms with E-state index in [-0.39, 0.29) is 5.84 Å². The van der Waals surface area contributed by atoms with Gasteiger partial charge in [0.25, 0.3) is 0 Å². The van der Waals surface area contributed by atoms with Crippen molar-refractivity contribution < 1.29 is 4.74 Å². The molecule has 0 spiro atoms. The molecule has 2 heterocycles. The highest BCUT2D eigenvalue weighted by Gasteiger charge is 2.21. The van der Waals surface area contributed by atoms with Crippen LogP contribution in [0.15, 0.2) is 18.3 Å². The summed E-state index contributed by atoms with van der Waals surface area (Å²) in [5.74, 6) is 0.0361. The smallest absolute Gasteiger partial charge is 0.142 e. The molecular formula is C14H22N4O. The Labute approximate surface area is 114 Å². The van der Waals surface area contributed by atoms with E-state index in [4.69, 9.17) is 15.9 Å². The van der Waals surface area contributed by atoms with E-state index in [0.717, 1.165) is 44.6 Å². The number of hydrogen-bond acceptors (Lipinski definition) is 4. The van der Waals surface area contributed by atoms with Gasteiger partial charge >= 0.3 is 0 Å². The van der Waals surface area contributed by atoms with Crippen molar-refractivity contribution in [3.63, 3.8) is 0 Å². The number of nitrogens with zero attached hydrogens (tertiary/aromatic N) is 2. The standard InChI is InChI=1S/C14H22N4O/c1-2-19-12-6-4-8-18(10-12)9-11-5-3-7-17-13(11)14(15)16/h3,5,7,12H,2,4,6,8-10H2,1H3,(H3,15,16). The van der Waals surface area contributed by atoms with Gasteiger partial charge in [-0.1, -0.05) is 6.07 Å². The maximum absolute atomic E-state index is 7.57. The summed E-state index contributed by atoms with van der Waals surface area (Å²) < 4.78 is 5.70. The van der Waals surface area contributed by atoms with Crippen LogP contribution in [0.5, 0.6) is 0 Å². The summed E-state index contributed by atoms with van der Waals surface area (Å²) in [6, 6.07) is 3.89. The summed E-state index contributed by atoms with van der Waals surface area (Å²) in [6.07, 6.45) is 4.30. The average Bonchev–Trinajstić information content (AvgIpc) is 2.40. The van der Waals surface area contributed by atoms with Crippen molar-refractivity contribution in [2.45, 2.75) is 32.4 Å². The quantitative estimate of drug-likeness (QED) is 0.620. The van der Waals surface area contributed by atoms with Gasteiger partial charge in [-0.05, 0) is 37.9 Å². The second-order valence-corrected chi connectivity index (χ2v) is 4.88. The molecule has 1 aliphatic heterocycles. The summed E-state index contributed by atoms with van der Waals surface area (Å²) >= 11 is 0. The van der Waals surface area contributed by atoms with Gasteiger partial charge in [0.15, 0.2) is 0 Å². The minimum Gasteiger partial charge on any atom is -0.382 e. The van der Waals surface area contributed by atoms with E-state index in [1.165, 1.54) is 0 Å². The number of piperidine rings is 1. The molecular weight excluding hydrogens is 240 g/mol. The lowest BCUT2D eigenvalue weighted by molar-refractivity contribution is 0.00359. The fraction of sp³-hybridized carbons (Fsp3) is 0.571. The summed E-state index contributed by atoms with van der Waals surface area (Å²) in [7, 11) is 0. The van der Waals surface area contributed by atoms with E-state index in [1.54, 1.807) is 6.20 Å². The predicted molar refractivity (Wildman–Crippen MR) is 75.2 cm³/mol. The fourth-order valence-corrected chi connectivity index (χ4v) is 2.58. The maximum atomic E-state index is 7.57. The lowest BCUT2D eigenvalue weighted by Gasteiger charge is -2.32. The zero-order chi connectivity index (χ0) is 13.7. The van der Waals surface area contributed by atoms with Crippen molar-refractivity contribution in [1.82, 2.24) is 9.88 Å². The van der Waals surface area contributed by atoms with Gasteiger partial charge in [-0.2, -0.15) is 0 Å². The maximum Gasteiger partial charge on any atom is 0.142 e. The molecule has 2 rings (SSSR count). The zero-order valence-electron chi connectivity index (χ0n) is 11.4. The number of likely N-dealkylation sites (tertiary alicyclic amines) is 1. The largest absolute Gasteiger partial charge is 0.382 e. The number of ether oxygens (including phenoxy) is 1. The zero-order valence-corrected chi connectivity index (χ0v) is 11.4. The van der Waals surface area contributed by atoms with Crippen LogP contribution in [0.4, 0.5) is 0 Å². The first-order valence-electron chi connectivity index (χ1n) is 6.83. The Morgan fingerprint density at radius 1 is 1.63 bits per heavy atom. The molecule has 0 aromatic carbocycles. The van der Waals surface area contributed by atoms with Crippen molar-refractivity contribution in [2.75, 3.05) is 19.7 Å². The molecule has 0 bridgehead atoms. The minimum absolute atomic E-state index is 0.0361. The fourth-order valence-electron chi connectivity index (χ4n) is 2.58. The van der Waals surface area contributed by atoms with E-state index in [9.17, 15) is 0 Å². The third-order valence-corrected chi connectivity index (χ3v) is 3.40. The lowest BCUT2D eigenvalue weighted by atomic mass is 10.1. The van der Waals surface area contributed by atoms with Crippen LogP contribution in [0.3, 0.4) is 0 Å². The van der Waals surface area contributed by atoms with E-state index in [0.29, 0.717) is 11.8 Å². The number of nitrogens with two attached hydrogens (primary N) is 1. The van der Waals surface area contributed by atoms with Crippen LogP contribution in [-0.2, 0) is 11.3 Å². The highest BCUT2D eigenvalue weighted by molar-refractivity contribution is 5.94. The summed E-state index contributed by atoms with van der Waals surface area (Å²) in [6.45, 7) is 5.60. The Morgan fingerprint density at radius 2 is 2.47 bits per heavy atom. The molecule has 0 radical (unpaired) electrons. The van der Waals surface area contributed by atoms with Crippen LogP contribution in [0.2, 0.25) is 0 Å². The average molecular weight is 262 g/mol. The van der Waals surface area contributed by atoms with Crippen molar-refractivity contribution in [3.8, 4) is 0 Å². The van der Waals surface area contributed by atoms with Crippen LogP contribution in [0, 0.1) is 5.41 Å². The molecule has 19 heavy (non-hydrogen) atoms. The Bertz CT molecular complexity index is 433. The number of nitrogens with one attached hydrogen (secondary N) is 1. The summed E-state index contributed by atoms with van der Waals surface area (Å²) in [5, 5.41) is 7.57. The highest BCUT2D eigenvalue weighted by atomic mass is 16.5. The van der Waals surface area contributed by atoms with Crippen LogP contribution < -0.4 is 5.73 Å². The monoisotopic (exact) mass is 262 g/mol. The number of pyridine rings is 1. The Morgan fingerprint density at radius 3 is 3.21 bits per heavy atom. The van der Waals surface area contributed by atoms with Gasteiger partial charge in [0.05, 0.1) is 6.10 Å². The van der Waals surface area contributed by atoms with Gasteiger partial charge in [0, 0.05) is 25.9 Å². The van der Waals surface area contributed by atoms with Crippen LogP contribution >= 0.6 is 0 Å². The van der Waals surface area contributed by atoms with Gasteiger partial charge in [0.2, 0.25) is 0 Å². The Balaban J connectivity index is 2.02. The molecule has 104 valence electrons. The molecule has 1 saturated heterocycles. The number of nitrogen functional groups attached to an aromatic ring is 1. The third kappa shape index (κ3) is 3.75. The number of hydrogen-bond donors (Lipinski definition) is 2. The van der Waals surface area contributed by atoms with E-state index in [2.05, 4.69) is 9.88 Å². The highest BCUT2D eigenvalue weighted by Crippen LogP contribution is 2.17. The Kier molecular flexibility index (Phi) is 4.87. The normalized spacial score (nSPS) is 20.4. The van der Waals surface area contributed by atoms with E-state index in [1.807, 2.05) is 19.1 Å². The molecule has 0 saturated carbocycles. The number of aromatic nitrogens is 1. The first-order chi connectivity index (χ1) is 9.20. The molecule has 5 heteroatoms. The van der Waals surface area contributed by atoms with Crippen LogP contribution in [-0.4, -0.2) is 41.5 Å². The first kappa shape index (κ1) is 14.0. The second kappa shape index (κ2) is 6.63. The van der Waals surface area contributed by atoms with E-state index >= 15 is 0 Å². The van der Waals surface area contributed by atoms with Gasteiger partial charge < -0.3 is 10.5 Å². The molecule has 5 nitrogen and oxygen atoms in total. The van der Waals surface area contributed by atoms with E-state index < -0.39 is 0 Å². The molecule has 1 aromatic rings. The molecule has 1 atom stereocenters. The minimum atomic E-state index is 0.0361. The van der Waals surface area contributed by atoms with Gasteiger partial charge in [-0.15, -0.1) is 0 Å². The summed E-state index contributed by atoms with van der Waals surface area (Å²) in [5.41, 5.74) is 7.19. The second-order valence-electron chi connectivity index (χ2n) is 4.88. The molecule has 1 aromatic heterocycles. The molecule has 1 fully saturated rings. The molecule has 1 unspecified atom stereocenters. The summed E-state index contributed by atoms with van der Waals surface area (Å²) in [4.78, 5) is 6.55. The lowest BCUT2D eigenvalue weighted by Crippen LogP contribution is -2.39. The van der Waals surface area contributed by atoms with Crippen molar-refractivity contribution in [1.29, 1.82) is 5.41 Å². The molecule has 3 N–H and O–H groups in total. The predicted octanol–water partition coefficient (Wildman–Crippen LogP) is 1.37. The topological polar surface area (TPSA) is 75.2 Å². The van der Waals surface area contributed by atoms with Gasteiger partial charge in [-0.25, -0.2) is 0 Å². The first-order valence-corrected chi connectivity index (χ1v) is 6.83. The number of rotatable bonds is 5. The van der Waals surface area contributed by atoms with Crippen molar-refractivity contribution in [2.24, 2.45) is 5.73 Å². The van der Waals surface area contributed by atoms with Crippen LogP contribution in [0.25, 0.3) is 0 Å². The van der Waals surface area contributed by atoms with Crippen molar-refractivity contribution in [3.05, 3.63) is 29.6 Å². The SMILES string of the molecule is CCOC1CCCN(Cc2cccnc2C(=N)N)C1. The molecule has 1 aliphatic rings. The Hall–Kier alpha value is -1.46. The van der Waals surface area contributed by atoms with Crippen molar-refractivity contribution >= 4 is 5.84 Å².